The number of aliphatic carboxylic acids is 1. The summed E-state index contributed by atoms with van der Waals surface area (Å²) in [4.78, 5) is 19.6. The average molecular weight is 206 g/mol. The molecule has 15 heavy (non-hydrogen) atoms. The first-order chi connectivity index (χ1) is 7.06. The summed E-state index contributed by atoms with van der Waals surface area (Å²) in [6, 6.07) is 1.72. The van der Waals surface area contributed by atoms with Crippen molar-refractivity contribution in [2.75, 3.05) is 0 Å². The van der Waals surface area contributed by atoms with E-state index >= 15 is 0 Å². The third kappa shape index (κ3) is 1.60. The van der Waals surface area contributed by atoms with Crippen molar-refractivity contribution < 1.29 is 9.90 Å². The molecule has 1 fully saturated rings. The van der Waals surface area contributed by atoms with Crippen molar-refractivity contribution in [3.63, 3.8) is 0 Å². The molecular weight excluding hydrogens is 192 g/mol. The summed E-state index contributed by atoms with van der Waals surface area (Å²) in [5.74, 6) is 0.186. The second-order valence-electron chi connectivity index (χ2n) is 4.34. The molecule has 1 aliphatic rings. The number of rotatable bonds is 3. The molecule has 2 rings (SSSR count). The minimum absolute atomic E-state index is 0.231. The molecule has 0 atom stereocenters. The van der Waals surface area contributed by atoms with Crippen LogP contribution in [0.15, 0.2) is 12.3 Å². The second-order valence-corrected chi connectivity index (χ2v) is 4.34. The highest BCUT2D eigenvalue weighted by Gasteiger charge is 2.53. The van der Waals surface area contributed by atoms with E-state index in [1.165, 1.54) is 0 Å². The Labute approximate surface area is 88.4 Å². The highest BCUT2D eigenvalue weighted by atomic mass is 16.4. The third-order valence-electron chi connectivity index (χ3n) is 2.84. The quantitative estimate of drug-likeness (QED) is 0.817. The molecule has 80 valence electrons. The zero-order chi connectivity index (χ0) is 11.1. The predicted molar refractivity (Wildman–Crippen MR) is 54.7 cm³/mol. The van der Waals surface area contributed by atoms with Gasteiger partial charge in [0.2, 0.25) is 0 Å². The fraction of sp³-hybridized carbons (Fsp3) is 0.545. The normalized spacial score (nSPS) is 17.8. The number of hydrogen-bond donors (Lipinski definition) is 1. The topological polar surface area (TPSA) is 63.1 Å². The smallest absolute Gasteiger partial charge is 0.315 e. The Morgan fingerprint density at radius 1 is 1.53 bits per heavy atom. The molecule has 1 N–H and O–H groups in total. The van der Waals surface area contributed by atoms with Gasteiger partial charge in [-0.05, 0) is 18.9 Å². The van der Waals surface area contributed by atoms with E-state index in [9.17, 15) is 4.79 Å². The minimum Gasteiger partial charge on any atom is -0.481 e. The van der Waals surface area contributed by atoms with Crippen molar-refractivity contribution >= 4 is 5.97 Å². The summed E-state index contributed by atoms with van der Waals surface area (Å²) in [6.07, 6.45) is 3.04. The van der Waals surface area contributed by atoms with Crippen LogP contribution >= 0.6 is 0 Å². The fourth-order valence-corrected chi connectivity index (χ4v) is 1.62. The van der Waals surface area contributed by atoms with Crippen molar-refractivity contribution in [1.29, 1.82) is 0 Å². The number of nitrogens with zero attached hydrogens (tertiary/aromatic N) is 2. The molecule has 0 aliphatic heterocycles. The highest BCUT2D eigenvalue weighted by molar-refractivity contribution is 5.84. The Balaban J connectivity index is 2.37. The molecule has 0 spiro atoms. The Bertz CT molecular complexity index is 397. The van der Waals surface area contributed by atoms with Crippen LogP contribution in [-0.4, -0.2) is 21.0 Å². The molecule has 0 bridgehead atoms. The van der Waals surface area contributed by atoms with Gasteiger partial charge in [-0.25, -0.2) is 9.97 Å². The molecule has 0 aromatic carbocycles. The molecule has 0 amide bonds. The maximum atomic E-state index is 11.1. The van der Waals surface area contributed by atoms with Crippen molar-refractivity contribution in [1.82, 2.24) is 9.97 Å². The van der Waals surface area contributed by atoms with E-state index in [1.54, 1.807) is 12.3 Å². The predicted octanol–water partition coefficient (Wildman–Crippen LogP) is 1.72. The van der Waals surface area contributed by atoms with Gasteiger partial charge in [0, 0.05) is 12.1 Å². The molecule has 1 aliphatic carbocycles. The summed E-state index contributed by atoms with van der Waals surface area (Å²) in [5, 5.41) is 9.13. The van der Waals surface area contributed by atoms with E-state index in [1.807, 2.05) is 13.8 Å². The molecule has 0 unspecified atom stereocenters. The number of carboxylic acids is 1. The first-order valence-corrected chi connectivity index (χ1v) is 5.13. The molecule has 0 radical (unpaired) electrons. The van der Waals surface area contributed by atoms with Gasteiger partial charge in [-0.15, -0.1) is 0 Å². The minimum atomic E-state index is -0.768. The lowest BCUT2D eigenvalue weighted by molar-refractivity contribution is -0.140. The molecule has 1 aromatic rings. The van der Waals surface area contributed by atoms with Crippen LogP contribution in [0.2, 0.25) is 0 Å². The number of carbonyl (C=O) groups is 1. The van der Waals surface area contributed by atoms with Crippen molar-refractivity contribution in [3.8, 4) is 0 Å². The molecule has 1 aromatic heterocycles. The van der Waals surface area contributed by atoms with Gasteiger partial charge in [-0.3, -0.25) is 4.79 Å². The largest absolute Gasteiger partial charge is 0.481 e. The molecule has 4 nitrogen and oxygen atoms in total. The van der Waals surface area contributed by atoms with Gasteiger partial charge in [0.25, 0.3) is 0 Å². The van der Waals surface area contributed by atoms with Gasteiger partial charge in [-0.1, -0.05) is 13.8 Å². The number of hydrogen-bond acceptors (Lipinski definition) is 3. The summed E-state index contributed by atoms with van der Waals surface area (Å²) in [5.41, 5.74) is -0.0549. The van der Waals surface area contributed by atoms with E-state index in [0.717, 1.165) is 5.82 Å². The Kier molecular flexibility index (Phi) is 2.21. The van der Waals surface area contributed by atoms with Gasteiger partial charge in [0.05, 0.1) is 5.69 Å². The summed E-state index contributed by atoms with van der Waals surface area (Å²) < 4.78 is 0. The average Bonchev–Trinajstić information content (AvgIpc) is 2.98. The molecule has 0 saturated heterocycles. The van der Waals surface area contributed by atoms with Crippen LogP contribution in [0.25, 0.3) is 0 Å². The van der Waals surface area contributed by atoms with E-state index in [0.29, 0.717) is 18.5 Å². The highest BCUT2D eigenvalue weighted by Crippen LogP contribution is 2.47. The van der Waals surface area contributed by atoms with Crippen LogP contribution in [0.4, 0.5) is 0 Å². The Morgan fingerprint density at radius 3 is 2.67 bits per heavy atom. The van der Waals surface area contributed by atoms with Crippen molar-refractivity contribution in [2.45, 2.75) is 38.0 Å². The van der Waals surface area contributed by atoms with Crippen LogP contribution in [0.1, 0.15) is 44.1 Å². The SMILES string of the molecule is CC(C)c1nccc(C2(C(=O)O)CC2)n1. The standard InChI is InChI=1S/C11H14N2O2/c1-7(2)9-12-6-3-8(13-9)11(4-5-11)10(14)15/h3,6-7H,4-5H2,1-2H3,(H,14,15). The van der Waals surface area contributed by atoms with Crippen molar-refractivity contribution in [2.24, 2.45) is 0 Å². The lowest BCUT2D eigenvalue weighted by Gasteiger charge is -2.11. The van der Waals surface area contributed by atoms with E-state index in [-0.39, 0.29) is 5.92 Å². The summed E-state index contributed by atoms with van der Waals surface area (Å²) in [6.45, 7) is 4.00. The van der Waals surface area contributed by atoms with Crippen LogP contribution in [0.5, 0.6) is 0 Å². The fourth-order valence-electron chi connectivity index (χ4n) is 1.62. The monoisotopic (exact) mass is 206 g/mol. The van der Waals surface area contributed by atoms with Crippen LogP contribution in [-0.2, 0) is 10.2 Å². The maximum absolute atomic E-state index is 11.1. The number of aromatic nitrogens is 2. The van der Waals surface area contributed by atoms with Gasteiger partial charge < -0.3 is 5.11 Å². The van der Waals surface area contributed by atoms with E-state index < -0.39 is 11.4 Å². The Morgan fingerprint density at radius 2 is 2.20 bits per heavy atom. The number of carboxylic acid groups (broad SMARTS) is 1. The lowest BCUT2D eigenvalue weighted by atomic mass is 10.0. The first-order valence-electron chi connectivity index (χ1n) is 5.13. The van der Waals surface area contributed by atoms with E-state index in [2.05, 4.69) is 9.97 Å². The van der Waals surface area contributed by atoms with Crippen LogP contribution < -0.4 is 0 Å². The molecule has 1 heterocycles. The van der Waals surface area contributed by atoms with Crippen molar-refractivity contribution in [3.05, 3.63) is 23.8 Å². The zero-order valence-electron chi connectivity index (χ0n) is 8.90. The summed E-state index contributed by atoms with van der Waals surface area (Å²) >= 11 is 0. The zero-order valence-corrected chi connectivity index (χ0v) is 8.90. The van der Waals surface area contributed by atoms with E-state index in [4.69, 9.17) is 5.11 Å². The van der Waals surface area contributed by atoms with Gasteiger partial charge in [-0.2, -0.15) is 0 Å². The second kappa shape index (κ2) is 3.29. The van der Waals surface area contributed by atoms with Crippen LogP contribution in [0.3, 0.4) is 0 Å². The van der Waals surface area contributed by atoms with Gasteiger partial charge in [0.1, 0.15) is 11.2 Å². The van der Waals surface area contributed by atoms with Crippen LogP contribution in [0, 0.1) is 0 Å². The molecular formula is C11H14N2O2. The molecule has 4 heteroatoms. The molecule has 1 saturated carbocycles. The first kappa shape index (κ1) is 10.1. The Hall–Kier alpha value is -1.45. The maximum Gasteiger partial charge on any atom is 0.315 e. The van der Waals surface area contributed by atoms with Gasteiger partial charge >= 0.3 is 5.97 Å². The lowest BCUT2D eigenvalue weighted by Crippen LogP contribution is -2.21. The third-order valence-corrected chi connectivity index (χ3v) is 2.84. The summed E-state index contributed by atoms with van der Waals surface area (Å²) in [7, 11) is 0. The van der Waals surface area contributed by atoms with Gasteiger partial charge in [0.15, 0.2) is 0 Å².